The monoisotopic (exact) mass is 694 g/mol. The summed E-state index contributed by atoms with van der Waals surface area (Å²) >= 11 is 1.84. The van der Waals surface area contributed by atoms with Crippen LogP contribution in [-0.2, 0) is 0 Å². The molecule has 10 aromatic rings. The highest BCUT2D eigenvalue weighted by Gasteiger charge is 2.17. The molecule has 2 aromatic heterocycles. The molecule has 0 fully saturated rings. The van der Waals surface area contributed by atoms with Gasteiger partial charge in [-0.1, -0.05) is 133 Å². The molecule has 0 aliphatic heterocycles. The van der Waals surface area contributed by atoms with E-state index < -0.39 is 0 Å². The predicted molar refractivity (Wildman–Crippen MR) is 227 cm³/mol. The average Bonchev–Trinajstić information content (AvgIpc) is 3.86. The molecule has 0 aliphatic carbocycles. The summed E-state index contributed by atoms with van der Waals surface area (Å²) in [5.41, 5.74) is 11.8. The Morgan fingerprint density at radius 3 is 1.79 bits per heavy atom. The van der Waals surface area contributed by atoms with E-state index in [9.17, 15) is 0 Å². The van der Waals surface area contributed by atoms with Crippen LogP contribution in [0.1, 0.15) is 0 Å². The summed E-state index contributed by atoms with van der Waals surface area (Å²) in [6, 6.07) is 74.5. The number of para-hydroxylation sites is 2. The van der Waals surface area contributed by atoms with Crippen LogP contribution in [0.3, 0.4) is 0 Å². The number of rotatable bonds is 7. The Bertz CT molecular complexity index is 2880. The molecule has 0 saturated heterocycles. The van der Waals surface area contributed by atoms with Crippen molar-refractivity contribution in [3.8, 4) is 37.7 Å². The molecule has 0 N–H and O–H groups in total. The van der Waals surface area contributed by atoms with Crippen molar-refractivity contribution in [2.45, 2.75) is 0 Å². The summed E-state index contributed by atoms with van der Waals surface area (Å²) < 4.78 is 2.41. The second-order valence-electron chi connectivity index (χ2n) is 13.4. The molecule has 53 heavy (non-hydrogen) atoms. The summed E-state index contributed by atoms with van der Waals surface area (Å²) in [6.07, 6.45) is 0. The Hall–Kier alpha value is -6.68. The second-order valence-corrected chi connectivity index (χ2v) is 14.5. The van der Waals surface area contributed by atoms with Gasteiger partial charge in [-0.05, 0) is 100 Å². The third kappa shape index (κ3) is 5.59. The van der Waals surface area contributed by atoms with Gasteiger partial charge in [0.2, 0.25) is 0 Å². The maximum absolute atomic E-state index is 2.41. The van der Waals surface area contributed by atoms with Crippen LogP contribution in [-0.4, -0.2) is 4.57 Å². The summed E-state index contributed by atoms with van der Waals surface area (Å²) in [7, 11) is 0. The predicted octanol–water partition coefficient (Wildman–Crippen LogP) is 14.5. The summed E-state index contributed by atoms with van der Waals surface area (Å²) in [6.45, 7) is 0. The van der Waals surface area contributed by atoms with Crippen molar-refractivity contribution in [2.75, 3.05) is 4.90 Å². The van der Waals surface area contributed by atoms with Gasteiger partial charge in [-0.25, -0.2) is 0 Å². The van der Waals surface area contributed by atoms with Gasteiger partial charge >= 0.3 is 0 Å². The molecule has 0 spiro atoms. The minimum absolute atomic E-state index is 1.12. The van der Waals surface area contributed by atoms with Crippen LogP contribution in [0, 0.1) is 0 Å². The normalized spacial score (nSPS) is 11.4. The Labute approximate surface area is 313 Å². The lowest BCUT2D eigenvalue weighted by Crippen LogP contribution is -2.10. The SMILES string of the molecule is c1ccc(-c2ccc(-c3cccc(-n4c5ccccc5c5cc(-c6ccc(N(c7ccccc7)c7cccc8ccccc78)cc6)ccc54)c3)s2)cc1. The number of benzene rings is 8. The lowest BCUT2D eigenvalue weighted by atomic mass is 10.0. The van der Waals surface area contributed by atoms with Crippen LogP contribution in [0.15, 0.2) is 206 Å². The fourth-order valence-corrected chi connectivity index (χ4v) is 8.70. The smallest absolute Gasteiger partial charge is 0.0541 e. The lowest BCUT2D eigenvalue weighted by Gasteiger charge is -2.27. The minimum Gasteiger partial charge on any atom is -0.310 e. The highest BCUT2D eigenvalue weighted by molar-refractivity contribution is 7.18. The van der Waals surface area contributed by atoms with Crippen LogP contribution in [0.4, 0.5) is 17.1 Å². The topological polar surface area (TPSA) is 8.17 Å². The van der Waals surface area contributed by atoms with Crippen LogP contribution >= 0.6 is 11.3 Å². The fraction of sp³-hybridized carbons (Fsp3) is 0. The van der Waals surface area contributed by atoms with Gasteiger partial charge in [-0.15, -0.1) is 11.3 Å². The van der Waals surface area contributed by atoms with Crippen molar-refractivity contribution in [3.63, 3.8) is 0 Å². The zero-order chi connectivity index (χ0) is 35.1. The molecule has 8 aromatic carbocycles. The number of hydrogen-bond donors (Lipinski definition) is 0. The number of anilines is 3. The number of thiophene rings is 1. The molecule has 0 atom stereocenters. The van der Waals surface area contributed by atoms with E-state index in [-0.39, 0.29) is 0 Å². The first-order valence-corrected chi connectivity index (χ1v) is 18.8. The first-order chi connectivity index (χ1) is 26.3. The van der Waals surface area contributed by atoms with E-state index in [0.717, 1.165) is 22.7 Å². The van der Waals surface area contributed by atoms with Gasteiger partial charge < -0.3 is 9.47 Å². The first-order valence-electron chi connectivity index (χ1n) is 18.0. The molecular weight excluding hydrogens is 661 g/mol. The molecule has 2 nitrogen and oxygen atoms in total. The lowest BCUT2D eigenvalue weighted by molar-refractivity contribution is 1.18. The highest BCUT2D eigenvalue weighted by atomic mass is 32.1. The number of hydrogen-bond acceptors (Lipinski definition) is 2. The maximum atomic E-state index is 2.41. The minimum atomic E-state index is 1.12. The molecule has 0 unspecified atom stereocenters. The fourth-order valence-electron chi connectivity index (χ4n) is 7.69. The zero-order valence-corrected chi connectivity index (χ0v) is 29.7. The largest absolute Gasteiger partial charge is 0.310 e. The molecule has 250 valence electrons. The summed E-state index contributed by atoms with van der Waals surface area (Å²) in [5.74, 6) is 0. The molecule has 2 heterocycles. The van der Waals surface area contributed by atoms with E-state index in [2.05, 4.69) is 216 Å². The van der Waals surface area contributed by atoms with Crippen LogP contribution in [0.5, 0.6) is 0 Å². The first kappa shape index (κ1) is 31.1. The Balaban J connectivity index is 1.03. The molecular formula is C50H34N2S. The number of aromatic nitrogens is 1. The van der Waals surface area contributed by atoms with E-state index in [1.807, 2.05) is 11.3 Å². The Morgan fingerprint density at radius 2 is 0.962 bits per heavy atom. The molecule has 0 radical (unpaired) electrons. The van der Waals surface area contributed by atoms with E-state index in [1.165, 1.54) is 64.6 Å². The highest BCUT2D eigenvalue weighted by Crippen LogP contribution is 2.41. The Kier molecular flexibility index (Phi) is 7.71. The van der Waals surface area contributed by atoms with Crippen molar-refractivity contribution in [3.05, 3.63) is 206 Å². The molecule has 0 saturated carbocycles. The van der Waals surface area contributed by atoms with Gasteiger partial charge in [-0.2, -0.15) is 0 Å². The van der Waals surface area contributed by atoms with Gasteiger partial charge in [0.05, 0.1) is 16.7 Å². The van der Waals surface area contributed by atoms with Crippen LogP contribution in [0.25, 0.3) is 70.3 Å². The van der Waals surface area contributed by atoms with Gasteiger partial charge in [-0.3, -0.25) is 0 Å². The Morgan fingerprint density at radius 1 is 0.358 bits per heavy atom. The third-order valence-electron chi connectivity index (χ3n) is 10.2. The van der Waals surface area contributed by atoms with Gasteiger partial charge in [0.25, 0.3) is 0 Å². The van der Waals surface area contributed by atoms with Gasteiger partial charge in [0.15, 0.2) is 0 Å². The standard InChI is InChI=1S/C50H34N2S/c1-3-14-37(15-4-1)49-31-32-50(53-49)39-17-11-20-42(33-39)52-47-23-10-9-22-44(47)45-34-38(27-30-48(45)52)35-25-28-41(29-26-35)51(40-18-5-2-6-19-40)46-24-12-16-36-13-7-8-21-43(36)46/h1-34H. The van der Waals surface area contributed by atoms with E-state index in [1.54, 1.807) is 0 Å². The number of nitrogens with zero attached hydrogens (tertiary/aromatic N) is 2. The quantitative estimate of drug-likeness (QED) is 0.161. The summed E-state index contributed by atoms with van der Waals surface area (Å²) in [4.78, 5) is 4.91. The molecule has 0 amide bonds. The average molecular weight is 695 g/mol. The van der Waals surface area contributed by atoms with Gasteiger partial charge in [0, 0.05) is 43.0 Å². The molecule has 0 bridgehead atoms. The van der Waals surface area contributed by atoms with Crippen molar-refractivity contribution < 1.29 is 0 Å². The van der Waals surface area contributed by atoms with Crippen molar-refractivity contribution in [2.24, 2.45) is 0 Å². The summed E-state index contributed by atoms with van der Waals surface area (Å²) in [5, 5.41) is 4.95. The van der Waals surface area contributed by atoms with E-state index in [0.29, 0.717) is 0 Å². The van der Waals surface area contributed by atoms with E-state index in [4.69, 9.17) is 0 Å². The van der Waals surface area contributed by atoms with Gasteiger partial charge in [0.1, 0.15) is 0 Å². The molecule has 3 heteroatoms. The van der Waals surface area contributed by atoms with Crippen molar-refractivity contribution >= 4 is 61.0 Å². The van der Waals surface area contributed by atoms with Crippen molar-refractivity contribution in [1.29, 1.82) is 0 Å². The third-order valence-corrected chi connectivity index (χ3v) is 11.4. The van der Waals surface area contributed by atoms with Crippen LogP contribution in [0.2, 0.25) is 0 Å². The maximum Gasteiger partial charge on any atom is 0.0541 e. The van der Waals surface area contributed by atoms with Crippen molar-refractivity contribution in [1.82, 2.24) is 4.57 Å². The molecule has 0 aliphatic rings. The van der Waals surface area contributed by atoms with E-state index >= 15 is 0 Å². The van der Waals surface area contributed by atoms with Crippen LogP contribution < -0.4 is 4.90 Å². The zero-order valence-electron chi connectivity index (χ0n) is 28.9. The second kappa shape index (κ2) is 13.1. The molecule has 10 rings (SSSR count). The number of fused-ring (bicyclic) bond motifs is 4.